The molecule has 1 saturated heterocycles. The van der Waals surface area contributed by atoms with E-state index in [1.54, 1.807) is 18.2 Å². The molecule has 2 atom stereocenters. The molecule has 0 aromatic heterocycles. The number of amides is 2. The molecule has 1 aliphatic rings. The number of rotatable bonds is 6. The maximum absolute atomic E-state index is 12.8. The van der Waals surface area contributed by atoms with Crippen molar-refractivity contribution in [3.63, 3.8) is 0 Å². The lowest BCUT2D eigenvalue weighted by Gasteiger charge is -2.33. The highest BCUT2D eigenvalue weighted by molar-refractivity contribution is 5.85. The summed E-state index contributed by atoms with van der Waals surface area (Å²) in [6.07, 6.45) is 0. The van der Waals surface area contributed by atoms with Gasteiger partial charge in [0.1, 0.15) is 18.3 Å². The number of esters is 1. The van der Waals surface area contributed by atoms with Crippen molar-refractivity contribution >= 4 is 12.0 Å². The van der Waals surface area contributed by atoms with Crippen LogP contribution in [0.2, 0.25) is 0 Å². The Morgan fingerprint density at radius 3 is 2.50 bits per heavy atom. The Kier molecular flexibility index (Phi) is 5.88. The molecule has 8 heteroatoms. The van der Waals surface area contributed by atoms with Crippen LogP contribution in [0.1, 0.15) is 17.2 Å². The highest BCUT2D eigenvalue weighted by Gasteiger charge is 2.40. The van der Waals surface area contributed by atoms with Crippen LogP contribution in [0.25, 0.3) is 0 Å². The molecule has 0 aliphatic carbocycles. The average molecular weight is 388 g/mol. The van der Waals surface area contributed by atoms with Crippen molar-refractivity contribution in [2.24, 2.45) is 5.92 Å². The topological polar surface area (TPSA) is 76.7 Å². The highest BCUT2D eigenvalue weighted by atomic mass is 19.3. The van der Waals surface area contributed by atoms with Gasteiger partial charge in [-0.1, -0.05) is 55.1 Å². The van der Waals surface area contributed by atoms with Gasteiger partial charge in [-0.15, -0.1) is 0 Å². The molecule has 0 bridgehead atoms. The zero-order chi connectivity index (χ0) is 20.1. The van der Waals surface area contributed by atoms with Gasteiger partial charge in [0.05, 0.1) is 6.04 Å². The SMILES string of the molecule is C=C1NC(=O)NC(c2ccccc2OC(F)F)C1C(=O)OCc1ccccc1. The first kappa shape index (κ1) is 19.3. The lowest BCUT2D eigenvalue weighted by atomic mass is 9.88. The Morgan fingerprint density at radius 2 is 1.79 bits per heavy atom. The lowest BCUT2D eigenvalue weighted by Crippen LogP contribution is -2.51. The van der Waals surface area contributed by atoms with E-state index in [9.17, 15) is 18.4 Å². The summed E-state index contributed by atoms with van der Waals surface area (Å²) in [4.78, 5) is 24.7. The molecule has 2 unspecified atom stereocenters. The summed E-state index contributed by atoms with van der Waals surface area (Å²) < 4.78 is 35.4. The van der Waals surface area contributed by atoms with Crippen LogP contribution in [-0.4, -0.2) is 18.6 Å². The van der Waals surface area contributed by atoms with Crippen LogP contribution in [0.15, 0.2) is 66.9 Å². The smallest absolute Gasteiger partial charge is 0.387 e. The molecule has 2 aromatic carbocycles. The first-order chi connectivity index (χ1) is 13.5. The van der Waals surface area contributed by atoms with Gasteiger partial charge in [0.2, 0.25) is 0 Å². The van der Waals surface area contributed by atoms with Crippen molar-refractivity contribution in [3.05, 3.63) is 78.0 Å². The van der Waals surface area contributed by atoms with Crippen molar-refractivity contribution in [2.75, 3.05) is 0 Å². The number of benzene rings is 2. The Bertz CT molecular complexity index is 874. The quantitative estimate of drug-likeness (QED) is 0.743. The summed E-state index contributed by atoms with van der Waals surface area (Å²) in [7, 11) is 0. The van der Waals surface area contributed by atoms with Gasteiger partial charge in [-0.05, 0) is 11.6 Å². The molecule has 1 aliphatic heterocycles. The van der Waals surface area contributed by atoms with E-state index in [4.69, 9.17) is 4.74 Å². The van der Waals surface area contributed by atoms with Crippen LogP contribution >= 0.6 is 0 Å². The Labute approximate surface area is 160 Å². The summed E-state index contributed by atoms with van der Waals surface area (Å²) in [5.74, 6) is -1.82. The number of alkyl halides is 2. The van der Waals surface area contributed by atoms with Crippen LogP contribution in [0.4, 0.5) is 13.6 Å². The standard InChI is InChI=1S/C20H18F2N2O4/c1-12-16(18(25)27-11-13-7-3-2-4-8-13)17(24-20(26)23-12)14-9-5-6-10-15(14)28-19(21)22/h2-10,16-17,19H,1,11H2,(H2,23,24,26). The van der Waals surface area contributed by atoms with E-state index in [2.05, 4.69) is 21.9 Å². The second kappa shape index (κ2) is 8.51. The first-order valence-corrected chi connectivity index (χ1v) is 8.46. The number of carbonyl (C=O) groups is 2. The van der Waals surface area contributed by atoms with Crippen molar-refractivity contribution < 1.29 is 27.8 Å². The van der Waals surface area contributed by atoms with Crippen LogP contribution in [0.3, 0.4) is 0 Å². The van der Waals surface area contributed by atoms with Gasteiger partial charge in [-0.3, -0.25) is 4.79 Å². The minimum Gasteiger partial charge on any atom is -0.460 e. The van der Waals surface area contributed by atoms with Crippen LogP contribution in [0.5, 0.6) is 5.75 Å². The van der Waals surface area contributed by atoms with Crippen LogP contribution < -0.4 is 15.4 Å². The maximum Gasteiger partial charge on any atom is 0.387 e. The molecule has 146 valence electrons. The molecule has 6 nitrogen and oxygen atoms in total. The molecule has 0 spiro atoms. The monoisotopic (exact) mass is 388 g/mol. The summed E-state index contributed by atoms with van der Waals surface area (Å²) in [6.45, 7) is 0.703. The van der Waals surface area contributed by atoms with Crippen LogP contribution in [0, 0.1) is 5.92 Å². The van der Waals surface area contributed by atoms with E-state index < -0.39 is 30.6 Å². The van der Waals surface area contributed by atoms with Gasteiger partial charge in [0, 0.05) is 11.3 Å². The number of urea groups is 1. The van der Waals surface area contributed by atoms with Gasteiger partial charge in [0.15, 0.2) is 0 Å². The van der Waals surface area contributed by atoms with Crippen molar-refractivity contribution in [3.8, 4) is 5.75 Å². The average Bonchev–Trinajstić information content (AvgIpc) is 2.66. The molecule has 28 heavy (non-hydrogen) atoms. The number of carbonyl (C=O) groups excluding carboxylic acids is 2. The lowest BCUT2D eigenvalue weighted by molar-refractivity contribution is -0.149. The van der Waals surface area contributed by atoms with Gasteiger partial charge in [-0.25, -0.2) is 4.79 Å². The van der Waals surface area contributed by atoms with Crippen molar-refractivity contribution in [1.82, 2.24) is 10.6 Å². The number of hydrogen-bond acceptors (Lipinski definition) is 4. The predicted octanol–water partition coefficient (Wildman–Crippen LogP) is 3.52. The fourth-order valence-corrected chi connectivity index (χ4v) is 2.98. The van der Waals surface area contributed by atoms with E-state index in [0.29, 0.717) is 0 Å². The normalized spacial score (nSPS) is 19.0. The predicted molar refractivity (Wildman–Crippen MR) is 96.4 cm³/mol. The molecular formula is C20H18F2N2O4. The highest BCUT2D eigenvalue weighted by Crippen LogP contribution is 2.36. The molecule has 0 saturated carbocycles. The van der Waals surface area contributed by atoms with Gasteiger partial charge >= 0.3 is 18.6 Å². The van der Waals surface area contributed by atoms with E-state index >= 15 is 0 Å². The second-order valence-electron chi connectivity index (χ2n) is 6.09. The number of ether oxygens (including phenoxy) is 2. The summed E-state index contributed by atoms with van der Waals surface area (Å²) >= 11 is 0. The minimum absolute atomic E-state index is 0.0271. The third-order valence-electron chi connectivity index (χ3n) is 4.22. The number of nitrogens with one attached hydrogen (secondary N) is 2. The summed E-state index contributed by atoms with van der Waals surface area (Å²) in [6, 6.07) is 13.4. The Hall–Kier alpha value is -3.42. The second-order valence-corrected chi connectivity index (χ2v) is 6.09. The van der Waals surface area contributed by atoms with E-state index in [0.717, 1.165) is 5.56 Å². The molecular weight excluding hydrogens is 370 g/mol. The number of hydrogen-bond donors (Lipinski definition) is 2. The maximum atomic E-state index is 12.8. The minimum atomic E-state index is -3.05. The Balaban J connectivity index is 1.86. The van der Waals surface area contributed by atoms with E-state index in [-0.39, 0.29) is 23.6 Å². The summed E-state index contributed by atoms with van der Waals surface area (Å²) in [5.41, 5.74) is 1.12. The molecule has 2 amide bonds. The molecule has 1 heterocycles. The largest absolute Gasteiger partial charge is 0.460 e. The van der Waals surface area contributed by atoms with Gasteiger partial charge < -0.3 is 20.1 Å². The fourth-order valence-electron chi connectivity index (χ4n) is 2.98. The first-order valence-electron chi connectivity index (χ1n) is 8.46. The third kappa shape index (κ3) is 4.46. The van der Waals surface area contributed by atoms with Crippen molar-refractivity contribution in [1.29, 1.82) is 0 Å². The molecule has 2 N–H and O–H groups in total. The van der Waals surface area contributed by atoms with Crippen molar-refractivity contribution in [2.45, 2.75) is 19.3 Å². The zero-order valence-corrected chi connectivity index (χ0v) is 14.7. The zero-order valence-electron chi connectivity index (χ0n) is 14.7. The Morgan fingerprint density at radius 1 is 1.11 bits per heavy atom. The molecule has 2 aromatic rings. The van der Waals surface area contributed by atoms with E-state index in [1.807, 2.05) is 18.2 Å². The summed E-state index contributed by atoms with van der Waals surface area (Å²) in [5, 5.41) is 5.00. The van der Waals surface area contributed by atoms with E-state index in [1.165, 1.54) is 18.2 Å². The van der Waals surface area contributed by atoms with Crippen LogP contribution in [-0.2, 0) is 16.1 Å². The number of para-hydroxylation sites is 1. The third-order valence-corrected chi connectivity index (χ3v) is 4.22. The number of halogens is 2. The van der Waals surface area contributed by atoms with Gasteiger partial charge in [-0.2, -0.15) is 8.78 Å². The molecule has 0 radical (unpaired) electrons. The molecule has 1 fully saturated rings. The fraction of sp³-hybridized carbons (Fsp3) is 0.200. The van der Waals surface area contributed by atoms with Gasteiger partial charge in [0.25, 0.3) is 0 Å². The molecule has 3 rings (SSSR count).